The molecule has 3 atom stereocenters. The number of aliphatic hydroxyl groups excluding tert-OH is 3. The van der Waals surface area contributed by atoms with Gasteiger partial charge in [-0.15, -0.1) is 0 Å². The largest absolute Gasteiger partial charge is 0.394 e. The molecule has 0 saturated carbocycles. The van der Waals surface area contributed by atoms with Gasteiger partial charge in [-0.3, -0.25) is 4.79 Å². The lowest BCUT2D eigenvalue weighted by Gasteiger charge is -2.21. The Balaban J connectivity index is 3.61. The zero-order valence-electron chi connectivity index (χ0n) is 38.5. The van der Waals surface area contributed by atoms with E-state index in [0.717, 1.165) is 32.1 Å². The molecule has 0 aromatic carbocycles. The molecule has 0 aliphatic rings. The number of hydrogen-bond donors (Lipinski definition) is 4. The van der Waals surface area contributed by atoms with Gasteiger partial charge in [0.25, 0.3) is 0 Å². The van der Waals surface area contributed by atoms with Gasteiger partial charge in [-0.1, -0.05) is 263 Å². The Hall–Kier alpha value is -1.17. The van der Waals surface area contributed by atoms with E-state index in [1.807, 2.05) is 6.08 Å². The van der Waals surface area contributed by atoms with Gasteiger partial charge in [-0.25, -0.2) is 0 Å². The minimum atomic E-state index is -0.949. The second-order valence-electron chi connectivity index (χ2n) is 17.8. The Bertz CT molecular complexity index is 844. The van der Waals surface area contributed by atoms with Crippen molar-refractivity contribution in [2.75, 3.05) is 6.61 Å². The van der Waals surface area contributed by atoms with Gasteiger partial charge in [-0.2, -0.15) is 0 Å². The van der Waals surface area contributed by atoms with Crippen LogP contribution in [0.4, 0.5) is 0 Å². The van der Waals surface area contributed by atoms with Crippen LogP contribution in [0.5, 0.6) is 0 Å². The average molecular weight is 804 g/mol. The van der Waals surface area contributed by atoms with E-state index in [4.69, 9.17) is 0 Å². The van der Waals surface area contributed by atoms with Crippen molar-refractivity contribution < 1.29 is 20.1 Å². The standard InChI is InChI=1S/C52H101NO4/c1-3-5-7-9-11-13-15-17-19-21-23-25-26-27-29-31-33-35-37-39-41-43-45-49(55)47-52(57)53-50(48-54)51(56)46-44-42-40-38-36-34-32-30-28-24-22-20-18-16-14-12-10-8-6-4-2/h36,38,44,46,49-51,54-56H,3-35,37,39-43,45,47-48H2,1-2H3,(H,53,57)/b38-36+,46-44+. The van der Waals surface area contributed by atoms with E-state index in [1.54, 1.807) is 6.08 Å². The third kappa shape index (κ3) is 44.2. The summed E-state index contributed by atoms with van der Waals surface area (Å²) in [6.07, 6.45) is 59.2. The molecule has 0 aromatic heterocycles. The highest BCUT2D eigenvalue weighted by Gasteiger charge is 2.20. The number of aliphatic hydroxyl groups is 3. The molecule has 0 aromatic rings. The summed E-state index contributed by atoms with van der Waals surface area (Å²) >= 11 is 0. The maximum absolute atomic E-state index is 12.5. The SMILES string of the molecule is CCCCCCCCCCCCCCCC/C=C/CC/C=C/C(O)C(CO)NC(=O)CC(O)CCCCCCCCCCCCCCCCCCCCCCCC. The first-order valence-corrected chi connectivity index (χ1v) is 25.6. The third-order valence-corrected chi connectivity index (χ3v) is 12.0. The molecule has 4 N–H and O–H groups in total. The highest BCUT2D eigenvalue weighted by Crippen LogP contribution is 2.17. The summed E-state index contributed by atoms with van der Waals surface area (Å²) in [7, 11) is 0. The number of amides is 1. The number of carbonyl (C=O) groups is 1. The molecule has 0 fully saturated rings. The van der Waals surface area contributed by atoms with Crippen LogP contribution in [-0.4, -0.2) is 46.1 Å². The summed E-state index contributed by atoms with van der Waals surface area (Å²) in [6, 6.07) is -0.758. The topological polar surface area (TPSA) is 89.8 Å². The zero-order chi connectivity index (χ0) is 41.5. The predicted octanol–water partition coefficient (Wildman–Crippen LogP) is 15.3. The molecule has 0 aliphatic carbocycles. The van der Waals surface area contributed by atoms with E-state index >= 15 is 0 Å². The minimum absolute atomic E-state index is 0.0102. The summed E-state index contributed by atoms with van der Waals surface area (Å²) < 4.78 is 0. The minimum Gasteiger partial charge on any atom is -0.394 e. The molecule has 0 saturated heterocycles. The Morgan fingerprint density at radius 3 is 1.12 bits per heavy atom. The van der Waals surface area contributed by atoms with Gasteiger partial charge in [0, 0.05) is 0 Å². The van der Waals surface area contributed by atoms with Crippen LogP contribution in [0.1, 0.15) is 277 Å². The summed E-state index contributed by atoms with van der Waals surface area (Å²) in [5.74, 6) is -0.320. The van der Waals surface area contributed by atoms with Crippen molar-refractivity contribution in [2.45, 2.75) is 295 Å². The maximum Gasteiger partial charge on any atom is 0.222 e. The molecule has 0 spiro atoms. The number of nitrogens with one attached hydrogen (secondary N) is 1. The number of hydrogen-bond acceptors (Lipinski definition) is 4. The number of carbonyl (C=O) groups excluding carboxylic acids is 1. The van der Waals surface area contributed by atoms with Crippen molar-refractivity contribution in [3.8, 4) is 0 Å². The smallest absolute Gasteiger partial charge is 0.222 e. The van der Waals surface area contributed by atoms with E-state index in [-0.39, 0.29) is 18.9 Å². The third-order valence-electron chi connectivity index (χ3n) is 12.0. The predicted molar refractivity (Wildman–Crippen MR) is 250 cm³/mol. The fourth-order valence-corrected chi connectivity index (χ4v) is 8.06. The molecule has 57 heavy (non-hydrogen) atoms. The van der Waals surface area contributed by atoms with Crippen molar-refractivity contribution in [1.82, 2.24) is 5.32 Å². The van der Waals surface area contributed by atoms with Crippen molar-refractivity contribution in [2.24, 2.45) is 0 Å². The van der Waals surface area contributed by atoms with Gasteiger partial charge in [0.05, 0.1) is 31.3 Å². The molecule has 5 nitrogen and oxygen atoms in total. The fraction of sp³-hybridized carbons (Fsp3) is 0.904. The average Bonchev–Trinajstić information content (AvgIpc) is 3.20. The summed E-state index contributed by atoms with van der Waals surface area (Å²) in [6.45, 7) is 4.23. The van der Waals surface area contributed by atoms with Crippen LogP contribution in [-0.2, 0) is 4.79 Å². The summed E-state index contributed by atoms with van der Waals surface area (Å²) in [5.41, 5.74) is 0. The van der Waals surface area contributed by atoms with Crippen LogP contribution in [0.2, 0.25) is 0 Å². The highest BCUT2D eigenvalue weighted by atomic mass is 16.3. The van der Waals surface area contributed by atoms with Crippen LogP contribution in [0.25, 0.3) is 0 Å². The molecule has 0 bridgehead atoms. The summed E-state index contributed by atoms with van der Waals surface area (Å²) in [5, 5.41) is 33.3. The van der Waals surface area contributed by atoms with Crippen molar-refractivity contribution >= 4 is 5.91 Å². The second-order valence-corrected chi connectivity index (χ2v) is 17.8. The van der Waals surface area contributed by atoms with Crippen LogP contribution >= 0.6 is 0 Å². The number of allylic oxidation sites excluding steroid dienone is 3. The lowest BCUT2D eigenvalue weighted by molar-refractivity contribution is -0.124. The lowest BCUT2D eigenvalue weighted by atomic mass is 10.0. The molecule has 0 heterocycles. The number of unbranched alkanes of at least 4 members (excludes halogenated alkanes) is 36. The van der Waals surface area contributed by atoms with E-state index in [1.165, 1.54) is 218 Å². The molecular weight excluding hydrogens is 703 g/mol. The molecule has 0 radical (unpaired) electrons. The van der Waals surface area contributed by atoms with Crippen molar-refractivity contribution in [3.05, 3.63) is 24.3 Å². The van der Waals surface area contributed by atoms with E-state index in [0.29, 0.717) is 6.42 Å². The van der Waals surface area contributed by atoms with Gasteiger partial charge in [0.1, 0.15) is 0 Å². The Morgan fingerprint density at radius 2 is 0.754 bits per heavy atom. The van der Waals surface area contributed by atoms with Crippen molar-refractivity contribution in [3.63, 3.8) is 0 Å². The summed E-state index contributed by atoms with van der Waals surface area (Å²) in [4.78, 5) is 12.5. The first-order chi connectivity index (χ1) is 28.0. The molecule has 1 amide bonds. The molecule has 0 rings (SSSR count). The van der Waals surface area contributed by atoms with Crippen molar-refractivity contribution in [1.29, 1.82) is 0 Å². The lowest BCUT2D eigenvalue weighted by Crippen LogP contribution is -2.45. The molecule has 338 valence electrons. The quantitative estimate of drug-likeness (QED) is 0.0364. The van der Waals surface area contributed by atoms with E-state index in [9.17, 15) is 20.1 Å². The van der Waals surface area contributed by atoms with Crippen LogP contribution < -0.4 is 5.32 Å². The Labute approximate surface area is 356 Å². The van der Waals surface area contributed by atoms with Gasteiger partial charge in [-0.05, 0) is 32.1 Å². The van der Waals surface area contributed by atoms with Gasteiger partial charge >= 0.3 is 0 Å². The molecule has 3 unspecified atom stereocenters. The Kier molecular flexibility index (Phi) is 46.5. The Morgan fingerprint density at radius 1 is 0.439 bits per heavy atom. The van der Waals surface area contributed by atoms with Crippen LogP contribution in [0.3, 0.4) is 0 Å². The normalized spacial score (nSPS) is 13.6. The highest BCUT2D eigenvalue weighted by molar-refractivity contribution is 5.76. The first kappa shape index (κ1) is 55.8. The zero-order valence-corrected chi connectivity index (χ0v) is 38.5. The van der Waals surface area contributed by atoms with Gasteiger partial charge < -0.3 is 20.6 Å². The molecule has 0 aliphatic heterocycles. The van der Waals surface area contributed by atoms with E-state index in [2.05, 4.69) is 31.3 Å². The number of rotatable bonds is 47. The fourth-order valence-electron chi connectivity index (χ4n) is 8.06. The van der Waals surface area contributed by atoms with E-state index < -0.39 is 18.2 Å². The van der Waals surface area contributed by atoms with Crippen LogP contribution in [0.15, 0.2) is 24.3 Å². The first-order valence-electron chi connectivity index (χ1n) is 25.6. The maximum atomic E-state index is 12.5. The molecule has 5 heteroatoms. The van der Waals surface area contributed by atoms with Crippen LogP contribution in [0, 0.1) is 0 Å². The van der Waals surface area contributed by atoms with Gasteiger partial charge in [0.15, 0.2) is 0 Å². The monoisotopic (exact) mass is 804 g/mol. The molecular formula is C52H101NO4. The van der Waals surface area contributed by atoms with Gasteiger partial charge in [0.2, 0.25) is 5.91 Å². The second kappa shape index (κ2) is 47.5.